The number of nitro groups is 1. The predicted octanol–water partition coefficient (Wildman–Crippen LogP) is 2.59. The molecule has 2 N–H and O–H groups in total. The van der Waals surface area contributed by atoms with Crippen molar-refractivity contribution >= 4 is 28.0 Å². The van der Waals surface area contributed by atoms with Gasteiger partial charge in [0.15, 0.2) is 0 Å². The van der Waals surface area contributed by atoms with Crippen LogP contribution in [0, 0.1) is 15.9 Å². The Morgan fingerprint density at radius 3 is 2.71 bits per heavy atom. The molecular weight excluding hydrogens is 403 g/mol. The summed E-state index contributed by atoms with van der Waals surface area (Å²) in [6, 6.07) is 9.60. The number of aromatic nitrogens is 2. The highest BCUT2D eigenvalue weighted by Crippen LogP contribution is 2.28. The van der Waals surface area contributed by atoms with Crippen LogP contribution in [0.2, 0.25) is 0 Å². The molecule has 162 valence electrons. The Balaban J connectivity index is 1.31. The van der Waals surface area contributed by atoms with Gasteiger partial charge in [-0.1, -0.05) is 12.1 Å². The first-order valence-electron chi connectivity index (χ1n) is 10.1. The minimum Gasteiger partial charge on any atom is -0.379 e. The SMILES string of the molecule is O=c1[nH]cnc2cc(NCCCN3CCN(c4ccccc4F)CC3)c([N+](=O)[O-])cc12. The molecule has 2 heterocycles. The van der Waals surface area contributed by atoms with E-state index in [0.717, 1.165) is 39.1 Å². The molecule has 1 aliphatic rings. The molecular formula is C21H23FN6O3. The lowest BCUT2D eigenvalue weighted by atomic mass is 10.2. The summed E-state index contributed by atoms with van der Waals surface area (Å²) in [5, 5.41) is 14.7. The fourth-order valence-corrected chi connectivity index (χ4v) is 3.84. The number of anilines is 2. The largest absolute Gasteiger partial charge is 0.379 e. The van der Waals surface area contributed by atoms with Crippen LogP contribution in [0.4, 0.5) is 21.5 Å². The summed E-state index contributed by atoms with van der Waals surface area (Å²) in [5.41, 5.74) is 0.833. The second-order valence-electron chi connectivity index (χ2n) is 7.44. The number of rotatable bonds is 7. The smallest absolute Gasteiger partial charge is 0.293 e. The fourth-order valence-electron chi connectivity index (χ4n) is 3.84. The third kappa shape index (κ3) is 4.64. The van der Waals surface area contributed by atoms with E-state index < -0.39 is 10.5 Å². The number of hydrogen-bond acceptors (Lipinski definition) is 7. The summed E-state index contributed by atoms with van der Waals surface area (Å²) in [5.74, 6) is -0.200. The van der Waals surface area contributed by atoms with Crippen LogP contribution >= 0.6 is 0 Å². The van der Waals surface area contributed by atoms with E-state index in [4.69, 9.17) is 0 Å². The van der Waals surface area contributed by atoms with E-state index in [-0.39, 0.29) is 16.9 Å². The molecule has 0 atom stereocenters. The Morgan fingerprint density at radius 2 is 1.97 bits per heavy atom. The third-order valence-electron chi connectivity index (χ3n) is 5.49. The second-order valence-corrected chi connectivity index (χ2v) is 7.44. The zero-order valence-corrected chi connectivity index (χ0v) is 16.9. The molecule has 0 bridgehead atoms. The Bertz CT molecular complexity index is 1140. The summed E-state index contributed by atoms with van der Waals surface area (Å²) in [7, 11) is 0. The highest BCUT2D eigenvalue weighted by molar-refractivity contribution is 5.86. The van der Waals surface area contributed by atoms with E-state index in [0.29, 0.717) is 23.4 Å². The monoisotopic (exact) mass is 426 g/mol. The molecule has 3 aromatic rings. The average molecular weight is 426 g/mol. The lowest BCUT2D eigenvalue weighted by Gasteiger charge is -2.36. The molecule has 0 aliphatic carbocycles. The summed E-state index contributed by atoms with van der Waals surface area (Å²) in [6.07, 6.45) is 2.07. The number of nitrogens with zero attached hydrogens (tertiary/aromatic N) is 4. The maximum atomic E-state index is 14.0. The molecule has 31 heavy (non-hydrogen) atoms. The molecule has 1 aliphatic heterocycles. The van der Waals surface area contributed by atoms with Crippen LogP contribution in [-0.4, -0.2) is 59.1 Å². The molecule has 9 nitrogen and oxygen atoms in total. The van der Waals surface area contributed by atoms with Gasteiger partial charge in [0.2, 0.25) is 0 Å². The van der Waals surface area contributed by atoms with Crippen LogP contribution in [0.25, 0.3) is 10.9 Å². The molecule has 1 fully saturated rings. The van der Waals surface area contributed by atoms with Crippen LogP contribution in [-0.2, 0) is 0 Å². The topological polar surface area (TPSA) is 107 Å². The molecule has 0 radical (unpaired) electrons. The molecule has 0 unspecified atom stereocenters. The van der Waals surface area contributed by atoms with Gasteiger partial charge in [0.1, 0.15) is 11.5 Å². The molecule has 0 saturated carbocycles. The summed E-state index contributed by atoms with van der Waals surface area (Å²) in [4.78, 5) is 33.6. The van der Waals surface area contributed by atoms with Crippen molar-refractivity contribution in [2.45, 2.75) is 6.42 Å². The number of H-pyrrole nitrogens is 1. The lowest BCUT2D eigenvalue weighted by molar-refractivity contribution is -0.383. The second kappa shape index (κ2) is 9.09. The highest BCUT2D eigenvalue weighted by atomic mass is 19.1. The molecule has 1 saturated heterocycles. The van der Waals surface area contributed by atoms with Gasteiger partial charge in [-0.05, 0) is 31.2 Å². The predicted molar refractivity (Wildman–Crippen MR) is 117 cm³/mol. The van der Waals surface area contributed by atoms with Crippen molar-refractivity contribution in [1.29, 1.82) is 0 Å². The Hall–Kier alpha value is -3.53. The molecule has 1 aromatic heterocycles. The van der Waals surface area contributed by atoms with Gasteiger partial charge in [0, 0.05) is 38.8 Å². The molecule has 0 amide bonds. The van der Waals surface area contributed by atoms with Gasteiger partial charge in [-0.25, -0.2) is 9.37 Å². The van der Waals surface area contributed by atoms with Crippen molar-refractivity contribution in [1.82, 2.24) is 14.9 Å². The number of aromatic amines is 1. The first-order valence-corrected chi connectivity index (χ1v) is 10.1. The Kier molecular flexibility index (Phi) is 6.08. The van der Waals surface area contributed by atoms with Crippen molar-refractivity contribution in [3.05, 3.63) is 69.0 Å². The molecule has 4 rings (SSSR count). The molecule has 10 heteroatoms. The summed E-state index contributed by atoms with van der Waals surface area (Å²) < 4.78 is 14.0. The number of benzene rings is 2. The van der Waals surface area contributed by atoms with Crippen molar-refractivity contribution in [3.8, 4) is 0 Å². The van der Waals surface area contributed by atoms with Gasteiger partial charge in [-0.3, -0.25) is 19.8 Å². The van der Waals surface area contributed by atoms with Gasteiger partial charge in [-0.2, -0.15) is 0 Å². The lowest BCUT2D eigenvalue weighted by Crippen LogP contribution is -2.47. The van der Waals surface area contributed by atoms with Crippen molar-refractivity contribution < 1.29 is 9.31 Å². The number of nitro benzene ring substituents is 1. The maximum Gasteiger partial charge on any atom is 0.293 e. The van der Waals surface area contributed by atoms with E-state index in [2.05, 4.69) is 25.1 Å². The van der Waals surface area contributed by atoms with Crippen molar-refractivity contribution in [3.63, 3.8) is 0 Å². The van der Waals surface area contributed by atoms with Crippen LogP contribution in [0.5, 0.6) is 0 Å². The van der Waals surface area contributed by atoms with Crippen LogP contribution in [0.1, 0.15) is 6.42 Å². The molecule has 2 aromatic carbocycles. The van der Waals surface area contributed by atoms with Gasteiger partial charge < -0.3 is 15.2 Å². The van der Waals surface area contributed by atoms with Crippen molar-refractivity contribution in [2.24, 2.45) is 0 Å². The zero-order valence-electron chi connectivity index (χ0n) is 16.9. The fraction of sp³-hybridized carbons (Fsp3) is 0.333. The minimum atomic E-state index is -0.504. The average Bonchev–Trinajstić information content (AvgIpc) is 2.77. The van der Waals surface area contributed by atoms with E-state index in [1.807, 2.05) is 6.07 Å². The van der Waals surface area contributed by atoms with Gasteiger partial charge in [-0.15, -0.1) is 0 Å². The number of nitrogens with one attached hydrogen (secondary N) is 2. The van der Waals surface area contributed by atoms with Crippen molar-refractivity contribution in [2.75, 3.05) is 49.5 Å². The summed E-state index contributed by atoms with van der Waals surface area (Å²) >= 11 is 0. The number of hydrogen-bond donors (Lipinski definition) is 2. The third-order valence-corrected chi connectivity index (χ3v) is 5.49. The van der Waals surface area contributed by atoms with Crippen LogP contribution in [0.15, 0.2) is 47.5 Å². The normalized spacial score (nSPS) is 14.7. The van der Waals surface area contributed by atoms with Crippen LogP contribution < -0.4 is 15.8 Å². The quantitative estimate of drug-likeness (QED) is 0.340. The first kappa shape index (κ1) is 20.7. The zero-order chi connectivity index (χ0) is 21.8. The number of para-hydroxylation sites is 1. The van der Waals surface area contributed by atoms with E-state index >= 15 is 0 Å². The highest BCUT2D eigenvalue weighted by Gasteiger charge is 2.20. The Labute approximate surface area is 177 Å². The Morgan fingerprint density at radius 1 is 1.19 bits per heavy atom. The standard InChI is InChI=1S/C21H23FN6O3/c22-16-4-1-2-5-19(16)27-10-8-26(9-11-27)7-3-6-23-18-13-17-15(12-20(18)28(30)31)21(29)25-14-24-17/h1-2,4-5,12-14,23H,3,6-11H2,(H,24,25,29). The molecule has 0 spiro atoms. The number of piperazine rings is 1. The maximum absolute atomic E-state index is 14.0. The van der Waals surface area contributed by atoms with E-state index in [1.54, 1.807) is 12.1 Å². The number of fused-ring (bicyclic) bond motifs is 1. The van der Waals surface area contributed by atoms with E-state index in [9.17, 15) is 19.3 Å². The van der Waals surface area contributed by atoms with Crippen LogP contribution in [0.3, 0.4) is 0 Å². The van der Waals surface area contributed by atoms with Gasteiger partial charge in [0.25, 0.3) is 11.2 Å². The number of halogens is 1. The van der Waals surface area contributed by atoms with E-state index in [1.165, 1.54) is 24.5 Å². The summed E-state index contributed by atoms with van der Waals surface area (Å²) in [6.45, 7) is 4.55. The van der Waals surface area contributed by atoms with Gasteiger partial charge >= 0.3 is 0 Å². The first-order chi connectivity index (χ1) is 15.0. The minimum absolute atomic E-state index is 0.149. The van der Waals surface area contributed by atoms with Gasteiger partial charge in [0.05, 0.1) is 27.8 Å².